The van der Waals surface area contributed by atoms with Crippen molar-refractivity contribution in [3.05, 3.63) is 100 Å². The molecule has 0 aromatic heterocycles. The van der Waals surface area contributed by atoms with E-state index < -0.39 is 8.32 Å². The molecule has 4 rings (SSSR count). The van der Waals surface area contributed by atoms with E-state index in [1.807, 2.05) is 24.3 Å². The van der Waals surface area contributed by atoms with Gasteiger partial charge in [0.2, 0.25) is 5.91 Å². The predicted molar refractivity (Wildman–Crippen MR) is 172 cm³/mol. The van der Waals surface area contributed by atoms with Gasteiger partial charge >= 0.3 is 0 Å². The van der Waals surface area contributed by atoms with Crippen LogP contribution in [0.15, 0.2) is 66.7 Å². The Labute approximate surface area is 252 Å². The number of nitrogens with two attached hydrogens (primary N) is 1. The Morgan fingerprint density at radius 2 is 1.69 bits per heavy atom. The minimum absolute atomic E-state index is 0.0334. The van der Waals surface area contributed by atoms with Crippen molar-refractivity contribution >= 4 is 14.2 Å². The Kier molecular flexibility index (Phi) is 9.98. The standard InChI is InChI=1S/C35H48N2O4Si/c1-23(37-21-32(41-42(5,6)35(2,3)4)27-14-15-31(39)30(20-27)22-38)16-24-10-9-13-28(17-24)33(34(36)40)29-18-25-11-7-8-12-26(25)19-29/h7-15,17,20,23,29,32-33,37-39H,16,18-19,21-22H2,1-6H3,(H2,36,40)/t23-,32+,33?/m1/s1. The number of fused-ring (bicyclic) bond motifs is 1. The Balaban J connectivity index is 1.47. The number of carbonyl (C=O) groups excluding carboxylic acids is 1. The zero-order chi connectivity index (χ0) is 30.7. The van der Waals surface area contributed by atoms with Gasteiger partial charge in [0.1, 0.15) is 5.75 Å². The maximum atomic E-state index is 12.7. The molecule has 3 aromatic rings. The minimum Gasteiger partial charge on any atom is -0.508 e. The van der Waals surface area contributed by atoms with E-state index in [1.54, 1.807) is 6.07 Å². The molecular weight excluding hydrogens is 540 g/mol. The highest BCUT2D eigenvalue weighted by Gasteiger charge is 2.39. The van der Waals surface area contributed by atoms with E-state index in [0.29, 0.717) is 12.1 Å². The number of rotatable bonds is 12. The molecule has 0 heterocycles. The van der Waals surface area contributed by atoms with Crippen LogP contribution in [0.1, 0.15) is 73.1 Å². The fraction of sp³-hybridized carbons (Fsp3) is 0.457. The number of aromatic hydroxyl groups is 1. The van der Waals surface area contributed by atoms with Gasteiger partial charge < -0.3 is 25.7 Å². The van der Waals surface area contributed by atoms with Gasteiger partial charge in [-0.1, -0.05) is 75.4 Å². The van der Waals surface area contributed by atoms with Gasteiger partial charge in [-0.05, 0) is 90.2 Å². The van der Waals surface area contributed by atoms with Gasteiger partial charge in [0.05, 0.1) is 18.6 Å². The van der Waals surface area contributed by atoms with Crippen LogP contribution < -0.4 is 11.1 Å². The van der Waals surface area contributed by atoms with Gasteiger partial charge in [0.25, 0.3) is 0 Å². The van der Waals surface area contributed by atoms with Crippen LogP contribution in [0.3, 0.4) is 0 Å². The predicted octanol–water partition coefficient (Wildman–Crippen LogP) is 6.15. The number of phenols is 1. The molecule has 42 heavy (non-hydrogen) atoms. The molecule has 0 saturated heterocycles. The molecule has 3 atom stereocenters. The monoisotopic (exact) mass is 588 g/mol. The first kappa shape index (κ1) is 32.0. The van der Waals surface area contributed by atoms with Crippen LogP contribution in [-0.2, 0) is 35.1 Å². The normalized spacial score (nSPS) is 16.2. The number of nitrogens with one attached hydrogen (secondary N) is 1. The average Bonchev–Trinajstić information content (AvgIpc) is 3.34. The van der Waals surface area contributed by atoms with Crippen LogP contribution in [-0.4, -0.2) is 37.0 Å². The van der Waals surface area contributed by atoms with E-state index in [0.717, 1.165) is 36.0 Å². The van der Waals surface area contributed by atoms with Crippen LogP contribution >= 0.6 is 0 Å². The summed E-state index contributed by atoms with van der Waals surface area (Å²) in [6.45, 7) is 13.7. The Bertz CT molecular complexity index is 1360. The third kappa shape index (κ3) is 7.50. The topological polar surface area (TPSA) is 105 Å². The van der Waals surface area contributed by atoms with Gasteiger partial charge in [0, 0.05) is 18.2 Å². The minimum atomic E-state index is -2.11. The molecule has 0 radical (unpaired) electrons. The zero-order valence-electron chi connectivity index (χ0n) is 26.0. The number of hydrogen-bond donors (Lipinski definition) is 4. The number of benzene rings is 3. The zero-order valence-corrected chi connectivity index (χ0v) is 27.0. The highest BCUT2D eigenvalue weighted by Crippen LogP contribution is 2.40. The van der Waals surface area contributed by atoms with Crippen LogP contribution in [0.5, 0.6) is 5.75 Å². The molecule has 0 spiro atoms. The lowest BCUT2D eigenvalue weighted by atomic mass is 9.82. The lowest BCUT2D eigenvalue weighted by Crippen LogP contribution is -2.44. The Morgan fingerprint density at radius 1 is 1.02 bits per heavy atom. The van der Waals surface area contributed by atoms with Gasteiger partial charge in [-0.3, -0.25) is 4.79 Å². The number of aliphatic hydroxyl groups is 1. The van der Waals surface area contributed by atoms with E-state index in [4.69, 9.17) is 10.2 Å². The van der Waals surface area contributed by atoms with Crippen LogP contribution in [0, 0.1) is 5.92 Å². The molecule has 5 N–H and O–H groups in total. The van der Waals surface area contributed by atoms with E-state index >= 15 is 0 Å². The lowest BCUT2D eigenvalue weighted by Gasteiger charge is -2.40. The molecule has 0 fully saturated rings. The molecule has 1 aliphatic carbocycles. The van der Waals surface area contributed by atoms with Crippen LogP contribution in [0.4, 0.5) is 0 Å². The maximum absolute atomic E-state index is 12.7. The Hall–Kier alpha value is -2.97. The summed E-state index contributed by atoms with van der Waals surface area (Å²) in [6.07, 6.45) is 2.30. The number of primary amides is 1. The van der Waals surface area contributed by atoms with E-state index in [1.165, 1.54) is 11.1 Å². The Morgan fingerprint density at radius 3 is 2.29 bits per heavy atom. The summed E-state index contributed by atoms with van der Waals surface area (Å²) in [7, 11) is -2.11. The van der Waals surface area contributed by atoms with Crippen molar-refractivity contribution in [2.45, 2.75) is 89.8 Å². The van der Waals surface area contributed by atoms with E-state index in [-0.39, 0.29) is 47.3 Å². The smallest absolute Gasteiger partial charge is 0.225 e. The average molecular weight is 589 g/mol. The first-order chi connectivity index (χ1) is 19.8. The highest BCUT2D eigenvalue weighted by atomic mass is 28.4. The molecule has 1 unspecified atom stereocenters. The second-order valence-corrected chi connectivity index (χ2v) is 18.2. The van der Waals surface area contributed by atoms with Gasteiger partial charge in [-0.2, -0.15) is 0 Å². The summed E-state index contributed by atoms with van der Waals surface area (Å²) < 4.78 is 6.85. The van der Waals surface area contributed by atoms with Crippen molar-refractivity contribution in [2.24, 2.45) is 11.7 Å². The fourth-order valence-electron chi connectivity index (χ4n) is 5.84. The maximum Gasteiger partial charge on any atom is 0.225 e. The molecule has 1 amide bonds. The second kappa shape index (κ2) is 13.1. The molecule has 7 heteroatoms. The van der Waals surface area contributed by atoms with Crippen molar-refractivity contribution in [3.63, 3.8) is 0 Å². The lowest BCUT2D eigenvalue weighted by molar-refractivity contribution is -0.120. The molecular formula is C35H48N2O4Si. The summed E-state index contributed by atoms with van der Waals surface area (Å²) in [5.41, 5.74) is 12.2. The second-order valence-electron chi connectivity index (χ2n) is 13.5. The van der Waals surface area contributed by atoms with Crippen LogP contribution in [0.25, 0.3) is 0 Å². The van der Waals surface area contributed by atoms with E-state index in [9.17, 15) is 15.0 Å². The summed E-state index contributed by atoms with van der Waals surface area (Å²) in [5, 5.41) is 23.6. The number of amides is 1. The van der Waals surface area contributed by atoms with Crippen molar-refractivity contribution in [3.8, 4) is 5.75 Å². The third-order valence-corrected chi connectivity index (χ3v) is 13.7. The van der Waals surface area contributed by atoms with Gasteiger partial charge in [0.15, 0.2) is 8.32 Å². The molecule has 0 saturated carbocycles. The van der Waals surface area contributed by atoms with Crippen molar-refractivity contribution in [1.29, 1.82) is 0 Å². The number of carbonyl (C=O) groups is 1. The summed E-state index contributed by atoms with van der Waals surface area (Å²) in [6, 6.07) is 22.3. The first-order valence-electron chi connectivity index (χ1n) is 15.1. The van der Waals surface area contributed by atoms with Crippen molar-refractivity contribution in [2.75, 3.05) is 6.54 Å². The summed E-state index contributed by atoms with van der Waals surface area (Å²) in [4.78, 5) is 12.7. The summed E-state index contributed by atoms with van der Waals surface area (Å²) in [5.74, 6) is -0.326. The molecule has 6 nitrogen and oxygen atoms in total. The van der Waals surface area contributed by atoms with Gasteiger partial charge in [-0.25, -0.2) is 0 Å². The first-order valence-corrected chi connectivity index (χ1v) is 18.0. The quantitative estimate of drug-likeness (QED) is 0.190. The summed E-state index contributed by atoms with van der Waals surface area (Å²) >= 11 is 0. The molecule has 0 aliphatic heterocycles. The van der Waals surface area contributed by atoms with Gasteiger partial charge in [-0.15, -0.1) is 0 Å². The SMILES string of the molecule is C[C@H](Cc1cccc(C(C(N)=O)C2Cc3ccccc3C2)c1)NC[C@H](O[Si](C)(C)C(C)(C)C)c1ccc(O)c(CO)c1. The molecule has 3 aromatic carbocycles. The third-order valence-electron chi connectivity index (χ3n) is 9.25. The van der Waals surface area contributed by atoms with E-state index in [2.05, 4.69) is 82.5 Å². The fourth-order valence-corrected chi connectivity index (χ4v) is 7.12. The van der Waals surface area contributed by atoms with Crippen LogP contribution in [0.2, 0.25) is 18.1 Å². The molecule has 0 bridgehead atoms. The van der Waals surface area contributed by atoms with Crippen molar-refractivity contribution < 1.29 is 19.4 Å². The molecule has 1 aliphatic rings. The van der Waals surface area contributed by atoms with Crippen molar-refractivity contribution in [1.82, 2.24) is 5.32 Å². The highest BCUT2D eigenvalue weighted by molar-refractivity contribution is 6.74. The number of aliphatic hydroxyl groups excluding tert-OH is 1. The largest absolute Gasteiger partial charge is 0.508 e. The number of hydrogen-bond acceptors (Lipinski definition) is 5. The molecule has 226 valence electrons.